The number of methoxy groups -OCH3 is 1. The van der Waals surface area contributed by atoms with Crippen molar-refractivity contribution < 1.29 is 23.9 Å². The smallest absolute Gasteiger partial charge is 0.337 e. The van der Waals surface area contributed by atoms with Gasteiger partial charge in [-0.3, -0.25) is 14.5 Å². The van der Waals surface area contributed by atoms with E-state index in [4.69, 9.17) is 11.6 Å². The second-order valence-corrected chi connectivity index (χ2v) is 4.78. The number of hydrogen-bond acceptors (Lipinski definition) is 5. The molecule has 0 aliphatic carbocycles. The van der Waals surface area contributed by atoms with Crippen LogP contribution in [0.2, 0.25) is 5.02 Å². The number of nitrogens with one attached hydrogen (secondary N) is 2. The Kier molecular flexibility index (Phi) is 4.62. The number of carbonyl (C=O) groups is 4. The average Bonchev–Trinajstić information content (AvgIpc) is 2.80. The zero-order chi connectivity index (χ0) is 16.3. The van der Waals surface area contributed by atoms with E-state index in [0.717, 1.165) is 4.90 Å². The molecule has 0 bridgehead atoms. The van der Waals surface area contributed by atoms with E-state index in [0.29, 0.717) is 0 Å². The number of halogens is 1. The van der Waals surface area contributed by atoms with Crippen LogP contribution in [0.1, 0.15) is 10.4 Å². The Bertz CT molecular complexity index is 645. The van der Waals surface area contributed by atoms with Gasteiger partial charge in [0.2, 0.25) is 5.91 Å². The second kappa shape index (κ2) is 6.44. The highest BCUT2D eigenvalue weighted by Gasteiger charge is 2.30. The number of benzene rings is 1. The van der Waals surface area contributed by atoms with Gasteiger partial charge in [0, 0.05) is 0 Å². The Labute approximate surface area is 130 Å². The van der Waals surface area contributed by atoms with E-state index in [-0.39, 0.29) is 22.8 Å². The van der Waals surface area contributed by atoms with Crippen LogP contribution in [0.3, 0.4) is 0 Å². The number of amides is 4. The Morgan fingerprint density at radius 2 is 2.14 bits per heavy atom. The fraction of sp³-hybridized carbons (Fsp3) is 0.231. The SMILES string of the molecule is COC(=O)c1ccc(Cl)c(NC(=O)CN2C(=O)CNC2=O)c1. The summed E-state index contributed by atoms with van der Waals surface area (Å²) in [7, 11) is 1.23. The normalized spacial score (nSPS) is 13.8. The third-order valence-corrected chi connectivity index (χ3v) is 3.23. The van der Waals surface area contributed by atoms with E-state index >= 15 is 0 Å². The van der Waals surface area contributed by atoms with Gasteiger partial charge in [-0.25, -0.2) is 9.59 Å². The minimum atomic E-state index is -0.630. The monoisotopic (exact) mass is 325 g/mol. The van der Waals surface area contributed by atoms with Crippen LogP contribution < -0.4 is 10.6 Å². The molecule has 9 heteroatoms. The van der Waals surface area contributed by atoms with Gasteiger partial charge in [-0.05, 0) is 18.2 Å². The van der Waals surface area contributed by atoms with E-state index in [1.165, 1.54) is 25.3 Å². The maximum Gasteiger partial charge on any atom is 0.337 e. The molecule has 1 fully saturated rings. The van der Waals surface area contributed by atoms with Gasteiger partial charge in [-0.15, -0.1) is 0 Å². The largest absolute Gasteiger partial charge is 0.465 e. The van der Waals surface area contributed by atoms with Crippen molar-refractivity contribution in [3.05, 3.63) is 28.8 Å². The first-order chi connectivity index (χ1) is 10.4. The lowest BCUT2D eigenvalue weighted by Crippen LogP contribution is -2.38. The molecule has 2 rings (SSSR count). The van der Waals surface area contributed by atoms with Crippen LogP contribution in [0.25, 0.3) is 0 Å². The lowest BCUT2D eigenvalue weighted by atomic mass is 10.2. The number of ether oxygens (including phenoxy) is 1. The molecule has 1 aliphatic heterocycles. The van der Waals surface area contributed by atoms with Gasteiger partial charge in [0.05, 0.1) is 29.9 Å². The molecule has 8 nitrogen and oxygen atoms in total. The second-order valence-electron chi connectivity index (χ2n) is 4.37. The highest BCUT2D eigenvalue weighted by atomic mass is 35.5. The molecule has 1 heterocycles. The Morgan fingerprint density at radius 1 is 1.41 bits per heavy atom. The summed E-state index contributed by atoms with van der Waals surface area (Å²) in [4.78, 5) is 46.9. The zero-order valence-corrected chi connectivity index (χ0v) is 12.3. The van der Waals surface area contributed by atoms with Crippen molar-refractivity contribution in [2.24, 2.45) is 0 Å². The molecular formula is C13H12ClN3O5. The first-order valence-corrected chi connectivity index (χ1v) is 6.56. The number of esters is 1. The Hall–Kier alpha value is -2.61. The summed E-state index contributed by atoms with van der Waals surface area (Å²) in [6.07, 6.45) is 0. The molecule has 1 saturated heterocycles. The van der Waals surface area contributed by atoms with Crippen LogP contribution in [-0.4, -0.2) is 48.9 Å². The van der Waals surface area contributed by atoms with Crippen LogP contribution in [-0.2, 0) is 14.3 Å². The number of carbonyl (C=O) groups excluding carboxylic acids is 4. The minimum Gasteiger partial charge on any atom is -0.465 e. The van der Waals surface area contributed by atoms with E-state index in [9.17, 15) is 19.2 Å². The summed E-state index contributed by atoms with van der Waals surface area (Å²) in [5, 5.41) is 4.95. The summed E-state index contributed by atoms with van der Waals surface area (Å²) in [5.41, 5.74) is 0.388. The number of rotatable bonds is 4. The molecule has 1 aliphatic rings. The van der Waals surface area contributed by atoms with E-state index in [2.05, 4.69) is 15.4 Å². The molecule has 0 spiro atoms. The molecule has 1 aromatic rings. The first kappa shape index (κ1) is 15.8. The Morgan fingerprint density at radius 3 is 2.73 bits per heavy atom. The van der Waals surface area contributed by atoms with Crippen molar-refractivity contribution in [2.45, 2.75) is 0 Å². The van der Waals surface area contributed by atoms with E-state index < -0.39 is 30.4 Å². The number of hydrogen-bond donors (Lipinski definition) is 2. The van der Waals surface area contributed by atoms with Crippen molar-refractivity contribution >= 4 is 41.1 Å². The quantitative estimate of drug-likeness (QED) is 0.623. The minimum absolute atomic E-state index is 0.134. The summed E-state index contributed by atoms with van der Waals surface area (Å²) in [6.45, 7) is -0.575. The van der Waals surface area contributed by atoms with Crippen LogP contribution >= 0.6 is 11.6 Å². The topological polar surface area (TPSA) is 105 Å². The summed E-state index contributed by atoms with van der Waals surface area (Å²) < 4.78 is 4.57. The predicted molar refractivity (Wildman–Crippen MR) is 76.5 cm³/mol. The first-order valence-electron chi connectivity index (χ1n) is 6.18. The van der Waals surface area contributed by atoms with Crippen molar-refractivity contribution in [2.75, 3.05) is 25.5 Å². The molecule has 0 atom stereocenters. The van der Waals surface area contributed by atoms with Crippen LogP contribution in [0.5, 0.6) is 0 Å². The van der Waals surface area contributed by atoms with Crippen molar-refractivity contribution in [1.82, 2.24) is 10.2 Å². The third-order valence-electron chi connectivity index (χ3n) is 2.90. The summed E-state index contributed by atoms with van der Waals surface area (Å²) in [6, 6.07) is 3.59. The molecule has 4 amide bonds. The van der Waals surface area contributed by atoms with Crippen LogP contribution in [0.15, 0.2) is 18.2 Å². The molecule has 2 N–H and O–H groups in total. The highest BCUT2D eigenvalue weighted by Crippen LogP contribution is 2.23. The van der Waals surface area contributed by atoms with Gasteiger partial charge in [-0.2, -0.15) is 0 Å². The van der Waals surface area contributed by atoms with Gasteiger partial charge in [-0.1, -0.05) is 11.6 Å². The van der Waals surface area contributed by atoms with Gasteiger partial charge in [0.15, 0.2) is 0 Å². The fourth-order valence-corrected chi connectivity index (χ4v) is 1.98. The third kappa shape index (κ3) is 3.34. The van der Waals surface area contributed by atoms with E-state index in [1.54, 1.807) is 0 Å². The maximum atomic E-state index is 11.9. The lowest BCUT2D eigenvalue weighted by molar-refractivity contribution is -0.128. The standard InChI is InChI=1S/C13H12ClN3O5/c1-22-12(20)7-2-3-8(14)9(4-7)16-10(18)6-17-11(19)5-15-13(17)21/h2-4H,5-6H2,1H3,(H,15,21)(H,16,18). The summed E-state index contributed by atoms with van der Waals surface area (Å²) in [5.74, 6) is -1.69. The Balaban J connectivity index is 2.09. The zero-order valence-electron chi connectivity index (χ0n) is 11.5. The molecule has 0 saturated carbocycles. The number of anilines is 1. The number of nitrogens with zero attached hydrogens (tertiary/aromatic N) is 1. The molecule has 0 unspecified atom stereocenters. The molecular weight excluding hydrogens is 314 g/mol. The molecule has 0 aromatic heterocycles. The maximum absolute atomic E-state index is 11.9. The van der Waals surface area contributed by atoms with Gasteiger partial charge in [0.25, 0.3) is 5.91 Å². The molecule has 0 radical (unpaired) electrons. The predicted octanol–water partition coefficient (Wildman–Crippen LogP) is 0.617. The van der Waals surface area contributed by atoms with Crippen molar-refractivity contribution in [3.63, 3.8) is 0 Å². The number of imide groups is 1. The van der Waals surface area contributed by atoms with Crippen molar-refractivity contribution in [1.29, 1.82) is 0 Å². The molecule has 22 heavy (non-hydrogen) atoms. The van der Waals surface area contributed by atoms with Crippen LogP contribution in [0.4, 0.5) is 10.5 Å². The highest BCUT2D eigenvalue weighted by molar-refractivity contribution is 6.34. The van der Waals surface area contributed by atoms with Crippen LogP contribution in [0, 0.1) is 0 Å². The van der Waals surface area contributed by atoms with Crippen molar-refractivity contribution in [3.8, 4) is 0 Å². The van der Waals surface area contributed by atoms with E-state index in [1.807, 2.05) is 0 Å². The average molecular weight is 326 g/mol. The lowest BCUT2D eigenvalue weighted by Gasteiger charge is -2.13. The summed E-state index contributed by atoms with van der Waals surface area (Å²) >= 11 is 5.94. The van der Waals surface area contributed by atoms with Gasteiger partial charge < -0.3 is 15.4 Å². The van der Waals surface area contributed by atoms with Gasteiger partial charge >= 0.3 is 12.0 Å². The fourth-order valence-electron chi connectivity index (χ4n) is 1.81. The molecule has 116 valence electrons. The number of urea groups is 1. The van der Waals surface area contributed by atoms with Gasteiger partial charge in [0.1, 0.15) is 6.54 Å². The molecule has 1 aromatic carbocycles.